The van der Waals surface area contributed by atoms with Gasteiger partial charge in [-0.25, -0.2) is 0 Å². The van der Waals surface area contributed by atoms with Gasteiger partial charge in [-0.3, -0.25) is 14.7 Å². The molecule has 1 aromatic heterocycles. The van der Waals surface area contributed by atoms with E-state index >= 15 is 0 Å². The summed E-state index contributed by atoms with van der Waals surface area (Å²) < 4.78 is 0. The Morgan fingerprint density at radius 2 is 2.29 bits per heavy atom. The van der Waals surface area contributed by atoms with Crippen LogP contribution in [-0.2, 0) is 4.79 Å². The Labute approximate surface area is 102 Å². The Kier molecular flexibility index (Phi) is 4.09. The highest BCUT2D eigenvalue weighted by atomic mass is 16.2. The molecule has 1 aliphatic heterocycles. The normalized spacial score (nSPS) is 21.1. The van der Waals surface area contributed by atoms with Gasteiger partial charge in [0.05, 0.1) is 6.54 Å². The van der Waals surface area contributed by atoms with Gasteiger partial charge in [-0.05, 0) is 37.4 Å². The summed E-state index contributed by atoms with van der Waals surface area (Å²) in [6.45, 7) is 4.80. The molecule has 1 amide bonds. The van der Waals surface area contributed by atoms with Gasteiger partial charge in [0.25, 0.3) is 0 Å². The minimum Gasteiger partial charge on any atom is -0.325 e. The van der Waals surface area contributed by atoms with Crippen molar-refractivity contribution < 1.29 is 4.79 Å². The van der Waals surface area contributed by atoms with Crippen LogP contribution in [-0.4, -0.2) is 35.4 Å². The molecule has 1 unspecified atom stereocenters. The maximum absolute atomic E-state index is 11.8. The zero-order chi connectivity index (χ0) is 12.1. The number of pyridine rings is 1. The smallest absolute Gasteiger partial charge is 0.238 e. The summed E-state index contributed by atoms with van der Waals surface area (Å²) in [6.07, 6.45) is 5.84. The van der Waals surface area contributed by atoms with Gasteiger partial charge in [0.1, 0.15) is 0 Å². The molecule has 2 rings (SSSR count). The lowest BCUT2D eigenvalue weighted by Gasteiger charge is -2.30. The molecule has 92 valence electrons. The summed E-state index contributed by atoms with van der Waals surface area (Å²) in [5.41, 5.74) is 0.815. The van der Waals surface area contributed by atoms with Crippen LogP contribution in [0, 0.1) is 5.92 Å². The minimum absolute atomic E-state index is 0.0605. The van der Waals surface area contributed by atoms with Gasteiger partial charge >= 0.3 is 0 Å². The highest BCUT2D eigenvalue weighted by Crippen LogP contribution is 2.15. The lowest BCUT2D eigenvalue weighted by atomic mass is 10.0. The summed E-state index contributed by atoms with van der Waals surface area (Å²) in [5, 5.41) is 2.88. The number of amides is 1. The molecule has 1 aromatic rings. The van der Waals surface area contributed by atoms with Crippen molar-refractivity contribution >= 4 is 11.6 Å². The lowest BCUT2D eigenvalue weighted by molar-refractivity contribution is -0.117. The zero-order valence-corrected chi connectivity index (χ0v) is 10.2. The SMILES string of the molecule is CC1CCCN(CC(=O)Nc2ccncc2)C1. The molecule has 0 saturated carbocycles. The van der Waals surface area contributed by atoms with Crippen molar-refractivity contribution in [3.8, 4) is 0 Å². The van der Waals surface area contributed by atoms with E-state index in [1.54, 1.807) is 24.5 Å². The van der Waals surface area contributed by atoms with Crippen LogP contribution in [0.4, 0.5) is 5.69 Å². The third-order valence-electron chi connectivity index (χ3n) is 3.07. The van der Waals surface area contributed by atoms with Gasteiger partial charge in [0, 0.05) is 24.6 Å². The van der Waals surface area contributed by atoms with Crippen LogP contribution in [0.5, 0.6) is 0 Å². The molecule has 0 aromatic carbocycles. The molecular weight excluding hydrogens is 214 g/mol. The maximum Gasteiger partial charge on any atom is 0.238 e. The molecule has 1 N–H and O–H groups in total. The van der Waals surface area contributed by atoms with Gasteiger partial charge in [0.15, 0.2) is 0 Å². The number of hydrogen-bond donors (Lipinski definition) is 1. The van der Waals surface area contributed by atoms with Crippen LogP contribution < -0.4 is 5.32 Å². The molecule has 0 bridgehead atoms. The number of aromatic nitrogens is 1. The molecule has 17 heavy (non-hydrogen) atoms. The second-order valence-electron chi connectivity index (χ2n) is 4.77. The first-order chi connectivity index (χ1) is 8.24. The second-order valence-corrected chi connectivity index (χ2v) is 4.77. The van der Waals surface area contributed by atoms with E-state index in [0.29, 0.717) is 12.5 Å². The largest absolute Gasteiger partial charge is 0.325 e. The molecule has 1 aliphatic rings. The average molecular weight is 233 g/mol. The summed E-state index contributed by atoms with van der Waals surface area (Å²) in [5.74, 6) is 0.766. The third-order valence-corrected chi connectivity index (χ3v) is 3.07. The Hall–Kier alpha value is -1.42. The Balaban J connectivity index is 1.81. The molecule has 2 heterocycles. The first kappa shape index (κ1) is 12.0. The van der Waals surface area contributed by atoms with E-state index in [-0.39, 0.29) is 5.91 Å². The van der Waals surface area contributed by atoms with Crippen molar-refractivity contribution in [1.29, 1.82) is 0 Å². The number of piperidine rings is 1. The Morgan fingerprint density at radius 3 is 3.00 bits per heavy atom. The van der Waals surface area contributed by atoms with Crippen molar-refractivity contribution in [3.05, 3.63) is 24.5 Å². The molecule has 1 saturated heterocycles. The predicted molar refractivity (Wildman–Crippen MR) is 67.7 cm³/mol. The van der Waals surface area contributed by atoms with Gasteiger partial charge in [-0.2, -0.15) is 0 Å². The quantitative estimate of drug-likeness (QED) is 0.865. The fourth-order valence-corrected chi connectivity index (χ4v) is 2.27. The van der Waals surface area contributed by atoms with Gasteiger partial charge in [-0.15, -0.1) is 0 Å². The number of nitrogens with one attached hydrogen (secondary N) is 1. The van der Waals surface area contributed by atoms with Crippen LogP contribution >= 0.6 is 0 Å². The van der Waals surface area contributed by atoms with E-state index in [4.69, 9.17) is 0 Å². The Bertz CT molecular complexity index is 366. The fraction of sp³-hybridized carbons (Fsp3) is 0.538. The molecule has 0 radical (unpaired) electrons. The van der Waals surface area contributed by atoms with Gasteiger partial charge in [-0.1, -0.05) is 6.92 Å². The summed E-state index contributed by atoms with van der Waals surface area (Å²) in [7, 11) is 0. The molecule has 1 atom stereocenters. The summed E-state index contributed by atoms with van der Waals surface area (Å²) in [6, 6.07) is 3.60. The number of nitrogens with zero attached hydrogens (tertiary/aromatic N) is 2. The first-order valence-corrected chi connectivity index (χ1v) is 6.16. The van der Waals surface area contributed by atoms with Crippen LogP contribution in [0.2, 0.25) is 0 Å². The summed E-state index contributed by atoms with van der Waals surface area (Å²) in [4.78, 5) is 18.0. The average Bonchev–Trinajstić information content (AvgIpc) is 2.30. The number of anilines is 1. The van der Waals surface area contributed by atoms with Crippen LogP contribution in [0.25, 0.3) is 0 Å². The lowest BCUT2D eigenvalue weighted by Crippen LogP contribution is -2.39. The van der Waals surface area contributed by atoms with Crippen molar-refractivity contribution in [2.24, 2.45) is 5.92 Å². The highest BCUT2D eigenvalue weighted by molar-refractivity contribution is 5.92. The van der Waals surface area contributed by atoms with Crippen molar-refractivity contribution in [2.45, 2.75) is 19.8 Å². The van der Waals surface area contributed by atoms with Crippen LogP contribution in [0.15, 0.2) is 24.5 Å². The van der Waals surface area contributed by atoms with E-state index < -0.39 is 0 Å². The Morgan fingerprint density at radius 1 is 1.53 bits per heavy atom. The van der Waals surface area contributed by atoms with E-state index in [1.807, 2.05) is 0 Å². The number of likely N-dealkylation sites (tertiary alicyclic amines) is 1. The van der Waals surface area contributed by atoms with Crippen molar-refractivity contribution in [3.63, 3.8) is 0 Å². The van der Waals surface area contributed by atoms with Gasteiger partial charge < -0.3 is 5.32 Å². The monoisotopic (exact) mass is 233 g/mol. The molecule has 4 heteroatoms. The molecule has 0 aliphatic carbocycles. The molecule has 4 nitrogen and oxygen atoms in total. The third kappa shape index (κ3) is 3.82. The van der Waals surface area contributed by atoms with Crippen molar-refractivity contribution in [1.82, 2.24) is 9.88 Å². The number of carbonyl (C=O) groups excluding carboxylic acids is 1. The van der Waals surface area contributed by atoms with E-state index in [0.717, 1.165) is 18.8 Å². The van der Waals surface area contributed by atoms with E-state index in [2.05, 4.69) is 22.1 Å². The van der Waals surface area contributed by atoms with Gasteiger partial charge in [0.2, 0.25) is 5.91 Å². The van der Waals surface area contributed by atoms with E-state index in [1.165, 1.54) is 12.8 Å². The number of rotatable bonds is 3. The standard InChI is InChI=1S/C13H19N3O/c1-11-3-2-8-16(9-11)10-13(17)15-12-4-6-14-7-5-12/h4-7,11H,2-3,8-10H2,1H3,(H,14,15,17). The highest BCUT2D eigenvalue weighted by Gasteiger charge is 2.18. The van der Waals surface area contributed by atoms with Crippen molar-refractivity contribution in [2.75, 3.05) is 25.0 Å². The minimum atomic E-state index is 0.0605. The maximum atomic E-state index is 11.8. The van der Waals surface area contributed by atoms with Crippen LogP contribution in [0.3, 0.4) is 0 Å². The topological polar surface area (TPSA) is 45.2 Å². The predicted octanol–water partition coefficient (Wildman–Crippen LogP) is 1.75. The number of hydrogen-bond acceptors (Lipinski definition) is 3. The molecule has 1 fully saturated rings. The first-order valence-electron chi connectivity index (χ1n) is 6.16. The fourth-order valence-electron chi connectivity index (χ4n) is 2.27. The zero-order valence-electron chi connectivity index (χ0n) is 10.2. The second kappa shape index (κ2) is 5.77. The molecule has 0 spiro atoms. The molecular formula is C13H19N3O. The van der Waals surface area contributed by atoms with E-state index in [9.17, 15) is 4.79 Å². The summed E-state index contributed by atoms with van der Waals surface area (Å²) >= 11 is 0. The number of carbonyl (C=O) groups is 1. The van der Waals surface area contributed by atoms with Crippen LogP contribution in [0.1, 0.15) is 19.8 Å².